The van der Waals surface area contributed by atoms with E-state index < -0.39 is 0 Å². The van der Waals surface area contributed by atoms with Gasteiger partial charge in [0.15, 0.2) is 0 Å². The van der Waals surface area contributed by atoms with Crippen molar-refractivity contribution in [3.05, 3.63) is 35.5 Å². The molecule has 0 saturated heterocycles. The highest BCUT2D eigenvalue weighted by molar-refractivity contribution is 6.35. The molecule has 14 heavy (non-hydrogen) atoms. The van der Waals surface area contributed by atoms with Crippen molar-refractivity contribution in [3.8, 4) is 0 Å². The number of halogens is 1. The van der Waals surface area contributed by atoms with Crippen molar-refractivity contribution in [3.63, 3.8) is 0 Å². The van der Waals surface area contributed by atoms with Crippen molar-refractivity contribution < 1.29 is 0 Å². The molecule has 0 aliphatic heterocycles. The van der Waals surface area contributed by atoms with E-state index in [1.807, 2.05) is 12.1 Å². The molecule has 74 valence electrons. The van der Waals surface area contributed by atoms with E-state index in [-0.39, 0.29) is 0 Å². The van der Waals surface area contributed by atoms with Crippen LogP contribution in [0.1, 0.15) is 13.8 Å². The van der Waals surface area contributed by atoms with Crippen LogP contribution >= 0.6 is 11.6 Å². The van der Waals surface area contributed by atoms with Crippen molar-refractivity contribution in [2.45, 2.75) is 20.4 Å². The minimum absolute atomic E-state index is 0.641. The molecule has 0 unspecified atom stereocenters. The molecule has 0 N–H and O–H groups in total. The Morgan fingerprint density at radius 2 is 2.07 bits per heavy atom. The molecule has 0 saturated carbocycles. The van der Waals surface area contributed by atoms with E-state index in [0.717, 1.165) is 17.1 Å². The van der Waals surface area contributed by atoms with Crippen molar-refractivity contribution in [2.75, 3.05) is 0 Å². The average Bonchev–Trinajstić information content (AvgIpc) is 2.49. The third kappa shape index (κ3) is 1.64. The fraction of sp³-hybridized carbons (Fsp3) is 0.333. The molecule has 0 aliphatic rings. The highest BCUT2D eigenvalue weighted by atomic mass is 35.5. The fourth-order valence-electron chi connectivity index (χ4n) is 1.76. The van der Waals surface area contributed by atoms with Gasteiger partial charge in [0, 0.05) is 18.1 Å². The Morgan fingerprint density at radius 3 is 2.79 bits per heavy atom. The van der Waals surface area contributed by atoms with Gasteiger partial charge >= 0.3 is 0 Å². The third-order valence-electron chi connectivity index (χ3n) is 2.30. The summed E-state index contributed by atoms with van der Waals surface area (Å²) in [5, 5.41) is 2.06. The van der Waals surface area contributed by atoms with Gasteiger partial charge < -0.3 is 4.57 Å². The van der Waals surface area contributed by atoms with Gasteiger partial charge in [0.05, 0.1) is 10.5 Å². The lowest BCUT2D eigenvalue weighted by Gasteiger charge is -2.08. The molecule has 0 aliphatic carbocycles. The summed E-state index contributed by atoms with van der Waals surface area (Å²) in [5.74, 6) is 0.641. The minimum atomic E-state index is 0.641. The lowest BCUT2D eigenvalue weighted by Crippen LogP contribution is -2.02. The van der Waals surface area contributed by atoms with Crippen LogP contribution in [-0.4, -0.2) is 4.57 Å². The number of hydrogen-bond donors (Lipinski definition) is 0. The Hall–Kier alpha value is -0.950. The number of fused-ring (bicyclic) bond motifs is 1. The van der Waals surface area contributed by atoms with Crippen LogP contribution in [0, 0.1) is 5.92 Å². The summed E-state index contributed by atoms with van der Waals surface area (Å²) in [6, 6.07) is 8.15. The quantitative estimate of drug-likeness (QED) is 0.703. The Balaban J connectivity index is 2.55. The number of rotatable bonds is 2. The Labute approximate surface area is 89.3 Å². The zero-order valence-corrected chi connectivity index (χ0v) is 9.25. The maximum absolute atomic E-state index is 6.17. The van der Waals surface area contributed by atoms with Gasteiger partial charge in [-0.1, -0.05) is 37.6 Å². The van der Waals surface area contributed by atoms with Gasteiger partial charge in [0.2, 0.25) is 0 Å². The van der Waals surface area contributed by atoms with E-state index in [1.54, 1.807) is 0 Å². The highest BCUT2D eigenvalue weighted by Gasteiger charge is 2.05. The van der Waals surface area contributed by atoms with Gasteiger partial charge in [-0.05, 0) is 18.1 Å². The number of nitrogens with zero attached hydrogens (tertiary/aromatic N) is 1. The first kappa shape index (κ1) is 9.60. The Kier molecular flexibility index (Phi) is 2.51. The second kappa shape index (κ2) is 3.66. The van der Waals surface area contributed by atoms with Crippen LogP contribution in [0.25, 0.3) is 10.9 Å². The summed E-state index contributed by atoms with van der Waals surface area (Å²) in [5.41, 5.74) is 1.16. The molecule has 0 amide bonds. The van der Waals surface area contributed by atoms with E-state index in [2.05, 4.69) is 36.7 Å². The molecule has 0 fully saturated rings. The van der Waals surface area contributed by atoms with Crippen LogP contribution in [0.4, 0.5) is 0 Å². The Morgan fingerprint density at radius 1 is 1.29 bits per heavy atom. The fourth-order valence-corrected chi connectivity index (χ4v) is 2.05. The first-order valence-corrected chi connectivity index (χ1v) is 5.29. The first-order valence-electron chi connectivity index (χ1n) is 4.92. The first-order chi connectivity index (χ1) is 6.68. The lowest BCUT2D eigenvalue weighted by molar-refractivity contribution is 0.535. The summed E-state index contributed by atoms with van der Waals surface area (Å²) in [4.78, 5) is 0. The van der Waals surface area contributed by atoms with Crippen LogP contribution in [0.5, 0.6) is 0 Å². The van der Waals surface area contributed by atoms with Crippen LogP contribution < -0.4 is 0 Å². The predicted molar refractivity (Wildman–Crippen MR) is 61.8 cm³/mol. The van der Waals surface area contributed by atoms with Gasteiger partial charge in [-0.25, -0.2) is 0 Å². The van der Waals surface area contributed by atoms with Gasteiger partial charge in [-0.3, -0.25) is 0 Å². The molecular formula is C12H14ClN. The second-order valence-electron chi connectivity index (χ2n) is 4.04. The van der Waals surface area contributed by atoms with E-state index >= 15 is 0 Å². The highest BCUT2D eigenvalue weighted by Crippen LogP contribution is 2.24. The van der Waals surface area contributed by atoms with Crippen molar-refractivity contribution in [1.82, 2.24) is 4.57 Å². The molecule has 2 rings (SSSR count). The number of para-hydroxylation sites is 1. The molecule has 0 spiro atoms. The molecular weight excluding hydrogens is 194 g/mol. The smallest absolute Gasteiger partial charge is 0.0669 e. The largest absolute Gasteiger partial charge is 0.346 e. The summed E-state index contributed by atoms with van der Waals surface area (Å²) >= 11 is 6.17. The third-order valence-corrected chi connectivity index (χ3v) is 2.61. The van der Waals surface area contributed by atoms with Crippen LogP contribution in [0.3, 0.4) is 0 Å². The zero-order valence-electron chi connectivity index (χ0n) is 8.50. The number of hydrogen-bond acceptors (Lipinski definition) is 0. The standard InChI is InChI=1S/C12H14ClN/c1-9(2)8-14-7-6-10-4-3-5-11(13)12(10)14/h3-7,9H,8H2,1-2H3. The summed E-state index contributed by atoms with van der Waals surface area (Å²) in [6.07, 6.45) is 2.11. The number of aromatic nitrogens is 1. The molecule has 2 heteroatoms. The monoisotopic (exact) mass is 207 g/mol. The Bertz CT molecular complexity index is 443. The van der Waals surface area contributed by atoms with Crippen molar-refractivity contribution in [2.24, 2.45) is 5.92 Å². The molecule has 0 radical (unpaired) electrons. The van der Waals surface area contributed by atoms with E-state index in [9.17, 15) is 0 Å². The van der Waals surface area contributed by atoms with Crippen molar-refractivity contribution in [1.29, 1.82) is 0 Å². The summed E-state index contributed by atoms with van der Waals surface area (Å²) in [6.45, 7) is 5.44. The molecule has 1 aromatic heterocycles. The molecule has 1 nitrogen and oxygen atoms in total. The average molecular weight is 208 g/mol. The van der Waals surface area contributed by atoms with Crippen LogP contribution in [0.2, 0.25) is 5.02 Å². The van der Waals surface area contributed by atoms with Gasteiger partial charge in [0.25, 0.3) is 0 Å². The van der Waals surface area contributed by atoms with Crippen LogP contribution in [0.15, 0.2) is 30.5 Å². The normalized spacial score (nSPS) is 11.4. The maximum atomic E-state index is 6.17. The van der Waals surface area contributed by atoms with Crippen molar-refractivity contribution >= 4 is 22.5 Å². The van der Waals surface area contributed by atoms with Crippen LogP contribution in [-0.2, 0) is 6.54 Å². The summed E-state index contributed by atoms with van der Waals surface area (Å²) < 4.78 is 2.22. The molecule has 1 heterocycles. The minimum Gasteiger partial charge on any atom is -0.346 e. The topological polar surface area (TPSA) is 4.93 Å². The summed E-state index contributed by atoms with van der Waals surface area (Å²) in [7, 11) is 0. The van der Waals surface area contributed by atoms with E-state index in [1.165, 1.54) is 5.39 Å². The SMILES string of the molecule is CC(C)Cn1ccc2cccc(Cl)c21. The molecule has 0 bridgehead atoms. The maximum Gasteiger partial charge on any atom is 0.0669 e. The predicted octanol–water partition coefficient (Wildman–Crippen LogP) is 3.95. The molecule has 0 atom stereocenters. The van der Waals surface area contributed by atoms with E-state index in [0.29, 0.717) is 5.92 Å². The molecule has 1 aromatic carbocycles. The lowest BCUT2D eigenvalue weighted by atomic mass is 10.2. The van der Waals surface area contributed by atoms with Gasteiger partial charge in [-0.15, -0.1) is 0 Å². The number of benzene rings is 1. The molecule has 2 aromatic rings. The van der Waals surface area contributed by atoms with Gasteiger partial charge in [-0.2, -0.15) is 0 Å². The second-order valence-corrected chi connectivity index (χ2v) is 4.45. The zero-order chi connectivity index (χ0) is 10.1. The van der Waals surface area contributed by atoms with E-state index in [4.69, 9.17) is 11.6 Å². The van der Waals surface area contributed by atoms with Gasteiger partial charge in [0.1, 0.15) is 0 Å².